The van der Waals surface area contributed by atoms with Crippen LogP contribution in [0.5, 0.6) is 0 Å². The Hall–Kier alpha value is -2.05. The molecule has 0 radical (unpaired) electrons. The van der Waals surface area contributed by atoms with E-state index in [0.29, 0.717) is 6.42 Å². The van der Waals surface area contributed by atoms with E-state index >= 15 is 0 Å². The van der Waals surface area contributed by atoms with E-state index in [1.165, 1.54) is 0 Å². The van der Waals surface area contributed by atoms with Crippen molar-refractivity contribution < 1.29 is 8.42 Å². The van der Waals surface area contributed by atoms with Gasteiger partial charge in [0.2, 0.25) is 9.84 Å². The molecule has 0 unspecified atom stereocenters. The number of aryl methyl sites for hydroxylation is 1. The van der Waals surface area contributed by atoms with Gasteiger partial charge in [0.1, 0.15) is 0 Å². The zero-order valence-electron chi connectivity index (χ0n) is 10.6. The zero-order chi connectivity index (χ0) is 13.7. The topological polar surface area (TPSA) is 34.1 Å². The van der Waals surface area contributed by atoms with Gasteiger partial charge in [-0.25, -0.2) is 8.42 Å². The number of sulfone groups is 1. The molecule has 0 saturated carbocycles. The monoisotopic (exact) mass is 270 g/mol. The van der Waals surface area contributed by atoms with Gasteiger partial charge in [-0.2, -0.15) is 0 Å². The second-order valence-electron chi connectivity index (χ2n) is 4.26. The molecular formula is C16H14O2S. The standard InChI is InChI=1S/C16H14O2S/c1-14-9-11-16(12-10-14)19(17,18)13-5-8-15-6-3-2-4-7-15/h2-4,6-7,9-12H,8H2,1H3. The molecule has 2 aromatic carbocycles. The molecule has 3 heteroatoms. The molecule has 0 heterocycles. The van der Waals surface area contributed by atoms with Crippen LogP contribution in [0, 0.1) is 18.1 Å². The number of rotatable bonds is 2. The van der Waals surface area contributed by atoms with Crippen LogP contribution < -0.4 is 0 Å². The highest BCUT2D eigenvalue weighted by atomic mass is 32.2. The van der Waals surface area contributed by atoms with E-state index in [9.17, 15) is 8.42 Å². The van der Waals surface area contributed by atoms with Gasteiger partial charge < -0.3 is 0 Å². The maximum atomic E-state index is 12.0. The minimum atomic E-state index is -3.51. The molecule has 0 amide bonds. The van der Waals surface area contributed by atoms with E-state index in [1.54, 1.807) is 24.3 Å². The maximum Gasteiger partial charge on any atom is 0.245 e. The van der Waals surface area contributed by atoms with Gasteiger partial charge in [0.05, 0.1) is 4.90 Å². The van der Waals surface area contributed by atoms with Crippen LogP contribution in [0.2, 0.25) is 0 Å². The molecule has 2 aromatic rings. The van der Waals surface area contributed by atoms with Crippen LogP contribution in [0.15, 0.2) is 59.5 Å². The lowest BCUT2D eigenvalue weighted by molar-refractivity contribution is 0.606. The minimum Gasteiger partial charge on any atom is -0.210 e. The van der Waals surface area contributed by atoms with E-state index in [1.807, 2.05) is 37.3 Å². The zero-order valence-corrected chi connectivity index (χ0v) is 11.4. The van der Waals surface area contributed by atoms with Crippen molar-refractivity contribution in [2.24, 2.45) is 0 Å². The van der Waals surface area contributed by atoms with Gasteiger partial charge in [-0.05, 0) is 24.6 Å². The molecule has 96 valence electrons. The van der Waals surface area contributed by atoms with Gasteiger partial charge in [-0.1, -0.05) is 53.9 Å². The van der Waals surface area contributed by atoms with Crippen molar-refractivity contribution in [2.45, 2.75) is 18.2 Å². The molecule has 2 rings (SSSR count). The Kier molecular flexibility index (Phi) is 4.03. The molecule has 0 aliphatic carbocycles. The van der Waals surface area contributed by atoms with Crippen molar-refractivity contribution >= 4 is 9.84 Å². The first-order chi connectivity index (χ1) is 9.08. The molecule has 0 N–H and O–H groups in total. The third-order valence-corrected chi connectivity index (χ3v) is 3.98. The molecule has 0 fully saturated rings. The Bertz CT molecular complexity index is 703. The lowest BCUT2D eigenvalue weighted by Crippen LogP contribution is -1.97. The van der Waals surface area contributed by atoms with E-state index in [4.69, 9.17) is 0 Å². The minimum absolute atomic E-state index is 0.249. The van der Waals surface area contributed by atoms with Crippen molar-refractivity contribution in [3.05, 3.63) is 65.7 Å². The average Bonchev–Trinajstić information content (AvgIpc) is 2.40. The highest BCUT2D eigenvalue weighted by Gasteiger charge is 2.09. The summed E-state index contributed by atoms with van der Waals surface area (Å²) in [7, 11) is -3.51. The van der Waals surface area contributed by atoms with Crippen molar-refractivity contribution in [1.29, 1.82) is 0 Å². The van der Waals surface area contributed by atoms with E-state index in [0.717, 1.165) is 11.1 Å². The molecular weight excluding hydrogens is 256 g/mol. The molecule has 0 aliphatic rings. The highest BCUT2D eigenvalue weighted by molar-refractivity contribution is 7.96. The predicted octanol–water partition coefficient (Wildman–Crippen LogP) is 2.97. The van der Waals surface area contributed by atoms with E-state index in [2.05, 4.69) is 11.2 Å². The molecule has 2 nitrogen and oxygen atoms in total. The average molecular weight is 270 g/mol. The van der Waals surface area contributed by atoms with Crippen molar-refractivity contribution in [2.75, 3.05) is 0 Å². The predicted molar refractivity (Wildman–Crippen MR) is 76.3 cm³/mol. The van der Waals surface area contributed by atoms with Gasteiger partial charge in [-0.15, -0.1) is 0 Å². The Morgan fingerprint density at radius 2 is 1.58 bits per heavy atom. The Morgan fingerprint density at radius 3 is 2.21 bits per heavy atom. The summed E-state index contributed by atoms with van der Waals surface area (Å²) in [5.41, 5.74) is 2.03. The lowest BCUT2D eigenvalue weighted by Gasteiger charge is -1.97. The Morgan fingerprint density at radius 1 is 0.947 bits per heavy atom. The Labute approximate surface area is 114 Å². The van der Waals surface area contributed by atoms with Crippen LogP contribution in [0.25, 0.3) is 0 Å². The SMILES string of the molecule is Cc1ccc(S(=O)(=O)C#CCc2ccccc2)cc1. The highest BCUT2D eigenvalue weighted by Crippen LogP contribution is 2.11. The van der Waals surface area contributed by atoms with Gasteiger partial charge in [0.25, 0.3) is 0 Å². The molecule has 0 spiro atoms. The largest absolute Gasteiger partial charge is 0.245 e. The summed E-state index contributed by atoms with van der Waals surface area (Å²) in [4.78, 5) is 0.249. The molecule has 0 atom stereocenters. The third-order valence-electron chi connectivity index (χ3n) is 2.67. The van der Waals surface area contributed by atoms with Crippen LogP contribution >= 0.6 is 0 Å². The van der Waals surface area contributed by atoms with E-state index < -0.39 is 9.84 Å². The fraction of sp³-hybridized carbons (Fsp3) is 0.125. The number of hydrogen-bond acceptors (Lipinski definition) is 2. The van der Waals surface area contributed by atoms with Gasteiger partial charge >= 0.3 is 0 Å². The smallest absolute Gasteiger partial charge is 0.210 e. The van der Waals surface area contributed by atoms with Gasteiger partial charge in [0.15, 0.2) is 0 Å². The Balaban J connectivity index is 2.16. The summed E-state index contributed by atoms with van der Waals surface area (Å²) in [5, 5.41) is 2.37. The maximum absolute atomic E-state index is 12.0. The molecule has 0 saturated heterocycles. The molecule has 0 bridgehead atoms. The van der Waals surface area contributed by atoms with Crippen LogP contribution in [0.1, 0.15) is 11.1 Å². The molecule has 0 aliphatic heterocycles. The lowest BCUT2D eigenvalue weighted by atomic mass is 10.2. The summed E-state index contributed by atoms with van der Waals surface area (Å²) in [6, 6.07) is 16.3. The molecule has 19 heavy (non-hydrogen) atoms. The summed E-state index contributed by atoms with van der Waals surface area (Å²) >= 11 is 0. The van der Waals surface area contributed by atoms with Crippen LogP contribution in [0.4, 0.5) is 0 Å². The van der Waals surface area contributed by atoms with Crippen molar-refractivity contribution in [3.8, 4) is 11.2 Å². The quantitative estimate of drug-likeness (QED) is 0.621. The second-order valence-corrected chi connectivity index (χ2v) is 5.94. The summed E-state index contributed by atoms with van der Waals surface area (Å²) in [6.07, 6.45) is 0.436. The third kappa shape index (κ3) is 3.70. The first kappa shape index (κ1) is 13.4. The first-order valence-electron chi connectivity index (χ1n) is 5.93. The summed E-state index contributed by atoms with van der Waals surface area (Å²) < 4.78 is 23.9. The van der Waals surface area contributed by atoms with Crippen molar-refractivity contribution in [1.82, 2.24) is 0 Å². The van der Waals surface area contributed by atoms with E-state index in [-0.39, 0.29) is 4.90 Å². The van der Waals surface area contributed by atoms with Crippen LogP contribution in [0.3, 0.4) is 0 Å². The van der Waals surface area contributed by atoms with Crippen LogP contribution in [-0.2, 0) is 16.3 Å². The first-order valence-corrected chi connectivity index (χ1v) is 7.41. The fourth-order valence-electron chi connectivity index (χ4n) is 1.61. The molecule has 0 aromatic heterocycles. The fourth-order valence-corrected chi connectivity index (χ4v) is 2.48. The summed E-state index contributed by atoms with van der Waals surface area (Å²) in [6.45, 7) is 1.91. The van der Waals surface area contributed by atoms with Crippen molar-refractivity contribution in [3.63, 3.8) is 0 Å². The van der Waals surface area contributed by atoms with Crippen LogP contribution in [-0.4, -0.2) is 8.42 Å². The summed E-state index contributed by atoms with van der Waals surface area (Å²) in [5.74, 6) is 2.72. The number of benzene rings is 2. The van der Waals surface area contributed by atoms with Gasteiger partial charge in [0, 0.05) is 11.7 Å². The number of hydrogen-bond donors (Lipinski definition) is 0. The van der Waals surface area contributed by atoms with Gasteiger partial charge in [-0.3, -0.25) is 0 Å². The normalized spacial score (nSPS) is 10.6. The second kappa shape index (κ2) is 5.73.